The fraction of sp³-hybridized carbons (Fsp3) is 0.0455. The second kappa shape index (κ2) is 6.11. The third-order valence-electron chi connectivity index (χ3n) is 4.54. The number of rotatable bonds is 1. The molecule has 1 aromatic carbocycles. The Labute approximate surface area is 155 Å². The molecular formula is C22H15N5. The Morgan fingerprint density at radius 2 is 1.70 bits per heavy atom. The van der Waals surface area contributed by atoms with E-state index in [0.29, 0.717) is 0 Å². The Morgan fingerprint density at radius 1 is 0.852 bits per heavy atom. The molecule has 0 saturated heterocycles. The minimum absolute atomic E-state index is 0.751. The van der Waals surface area contributed by atoms with Crippen LogP contribution in [0.1, 0.15) is 11.4 Å². The fourth-order valence-electron chi connectivity index (χ4n) is 3.13. The second-order valence-corrected chi connectivity index (χ2v) is 6.25. The number of benzene rings is 1. The van der Waals surface area contributed by atoms with Gasteiger partial charge in [-0.2, -0.15) is 5.10 Å². The molecule has 0 aliphatic rings. The van der Waals surface area contributed by atoms with E-state index in [1.54, 1.807) is 16.9 Å². The van der Waals surface area contributed by atoms with Gasteiger partial charge in [-0.1, -0.05) is 30.3 Å². The van der Waals surface area contributed by atoms with E-state index in [0.717, 1.165) is 39.3 Å². The Hall–Kier alpha value is -3.91. The summed E-state index contributed by atoms with van der Waals surface area (Å²) in [7, 11) is 1.97. The van der Waals surface area contributed by atoms with Gasteiger partial charge in [0.25, 0.3) is 0 Å². The van der Waals surface area contributed by atoms with Gasteiger partial charge in [-0.25, -0.2) is 14.5 Å². The first-order valence-corrected chi connectivity index (χ1v) is 8.62. The Kier molecular flexibility index (Phi) is 3.48. The van der Waals surface area contributed by atoms with Gasteiger partial charge in [0.15, 0.2) is 5.65 Å². The van der Waals surface area contributed by atoms with Crippen LogP contribution in [0.15, 0.2) is 73.1 Å². The van der Waals surface area contributed by atoms with Crippen molar-refractivity contribution in [2.45, 2.75) is 0 Å². The molecule has 5 nitrogen and oxygen atoms in total. The lowest BCUT2D eigenvalue weighted by atomic mass is 10.1. The van der Waals surface area contributed by atoms with Crippen molar-refractivity contribution < 1.29 is 0 Å². The standard InChI is InChI=1S/C22H15N5/c1-26-18(14-17-8-5-13-23-22(17)26)9-10-19-15-24-21-12-11-20(25-27(19)21)16-6-3-2-4-7-16/h2-8,11-15H,1H3. The Morgan fingerprint density at radius 3 is 2.56 bits per heavy atom. The summed E-state index contributed by atoms with van der Waals surface area (Å²) in [5.74, 6) is 6.43. The molecule has 0 aliphatic heterocycles. The zero-order chi connectivity index (χ0) is 18.2. The van der Waals surface area contributed by atoms with Gasteiger partial charge in [0, 0.05) is 24.2 Å². The molecule has 27 heavy (non-hydrogen) atoms. The summed E-state index contributed by atoms with van der Waals surface area (Å²) in [6, 6.07) is 20.0. The highest BCUT2D eigenvalue weighted by Gasteiger charge is 2.07. The van der Waals surface area contributed by atoms with Gasteiger partial charge < -0.3 is 4.57 Å². The zero-order valence-electron chi connectivity index (χ0n) is 14.7. The highest BCUT2D eigenvalue weighted by atomic mass is 15.3. The number of aromatic nitrogens is 5. The third-order valence-corrected chi connectivity index (χ3v) is 4.54. The lowest BCUT2D eigenvalue weighted by molar-refractivity contribution is 0.925. The predicted molar refractivity (Wildman–Crippen MR) is 105 cm³/mol. The van der Waals surface area contributed by atoms with E-state index < -0.39 is 0 Å². The number of aryl methyl sites for hydroxylation is 1. The van der Waals surface area contributed by atoms with Gasteiger partial charge in [-0.15, -0.1) is 0 Å². The van der Waals surface area contributed by atoms with E-state index in [-0.39, 0.29) is 0 Å². The maximum absolute atomic E-state index is 4.72. The van der Waals surface area contributed by atoms with E-state index in [9.17, 15) is 0 Å². The molecule has 0 aliphatic carbocycles. The molecular weight excluding hydrogens is 334 g/mol. The van der Waals surface area contributed by atoms with Crippen LogP contribution in [0.2, 0.25) is 0 Å². The van der Waals surface area contributed by atoms with Crippen molar-refractivity contribution in [2.24, 2.45) is 7.05 Å². The van der Waals surface area contributed by atoms with Crippen molar-refractivity contribution in [3.63, 3.8) is 0 Å². The average molecular weight is 349 g/mol. The summed E-state index contributed by atoms with van der Waals surface area (Å²) >= 11 is 0. The van der Waals surface area contributed by atoms with Crippen LogP contribution in [0.5, 0.6) is 0 Å². The van der Waals surface area contributed by atoms with Gasteiger partial charge in [0.1, 0.15) is 11.3 Å². The number of imidazole rings is 1. The highest BCUT2D eigenvalue weighted by molar-refractivity contribution is 5.78. The molecule has 5 aromatic rings. The van der Waals surface area contributed by atoms with Crippen LogP contribution in [0.4, 0.5) is 0 Å². The third kappa shape index (κ3) is 2.64. The van der Waals surface area contributed by atoms with Crippen LogP contribution in [0, 0.1) is 11.8 Å². The van der Waals surface area contributed by atoms with Crippen molar-refractivity contribution >= 4 is 16.7 Å². The maximum atomic E-state index is 4.72. The van der Waals surface area contributed by atoms with Crippen molar-refractivity contribution in [3.8, 4) is 23.1 Å². The largest absolute Gasteiger partial charge is 0.322 e. The lowest BCUT2D eigenvalue weighted by Crippen LogP contribution is -1.97. The van der Waals surface area contributed by atoms with Crippen molar-refractivity contribution in [1.29, 1.82) is 0 Å². The van der Waals surface area contributed by atoms with E-state index in [4.69, 9.17) is 5.10 Å². The minimum atomic E-state index is 0.751. The van der Waals surface area contributed by atoms with Crippen LogP contribution < -0.4 is 0 Å². The molecule has 0 radical (unpaired) electrons. The number of fused-ring (bicyclic) bond motifs is 2. The number of hydrogen-bond donors (Lipinski definition) is 0. The Balaban J connectivity index is 1.60. The molecule has 0 N–H and O–H groups in total. The monoisotopic (exact) mass is 349 g/mol. The van der Waals surface area contributed by atoms with E-state index in [2.05, 4.69) is 21.8 Å². The molecule has 0 bridgehead atoms. The summed E-state index contributed by atoms with van der Waals surface area (Å²) in [4.78, 5) is 8.82. The van der Waals surface area contributed by atoms with E-state index >= 15 is 0 Å². The smallest absolute Gasteiger partial charge is 0.154 e. The molecule has 0 fully saturated rings. The van der Waals surface area contributed by atoms with Gasteiger partial charge >= 0.3 is 0 Å². The van der Waals surface area contributed by atoms with Gasteiger partial charge in [0.2, 0.25) is 0 Å². The van der Waals surface area contributed by atoms with Crippen LogP contribution in [-0.4, -0.2) is 24.1 Å². The molecule has 128 valence electrons. The van der Waals surface area contributed by atoms with Crippen LogP contribution in [0.3, 0.4) is 0 Å². The molecule has 5 heteroatoms. The van der Waals surface area contributed by atoms with Crippen molar-refractivity contribution in [1.82, 2.24) is 24.1 Å². The lowest BCUT2D eigenvalue weighted by Gasteiger charge is -2.01. The van der Waals surface area contributed by atoms with E-state index in [1.807, 2.05) is 72.3 Å². The molecule has 4 heterocycles. The fourth-order valence-corrected chi connectivity index (χ4v) is 3.13. The highest BCUT2D eigenvalue weighted by Crippen LogP contribution is 2.18. The van der Waals surface area contributed by atoms with E-state index in [1.165, 1.54) is 0 Å². The summed E-state index contributed by atoms with van der Waals surface area (Å²) in [5, 5.41) is 5.79. The second-order valence-electron chi connectivity index (χ2n) is 6.25. The Bertz CT molecular complexity index is 1330. The van der Waals surface area contributed by atoms with Crippen LogP contribution in [-0.2, 0) is 7.05 Å². The minimum Gasteiger partial charge on any atom is -0.322 e. The molecule has 5 rings (SSSR count). The van der Waals surface area contributed by atoms with Crippen molar-refractivity contribution in [3.05, 3.63) is 84.4 Å². The molecule has 4 aromatic heterocycles. The molecule has 0 atom stereocenters. The van der Waals surface area contributed by atoms with Crippen molar-refractivity contribution in [2.75, 3.05) is 0 Å². The topological polar surface area (TPSA) is 48.0 Å². The first-order valence-electron chi connectivity index (χ1n) is 8.62. The molecule has 0 unspecified atom stereocenters. The first kappa shape index (κ1) is 15.4. The summed E-state index contributed by atoms with van der Waals surface area (Å²) in [6.07, 6.45) is 3.55. The maximum Gasteiger partial charge on any atom is 0.154 e. The predicted octanol–water partition coefficient (Wildman–Crippen LogP) is 3.68. The van der Waals surface area contributed by atoms with Gasteiger partial charge in [0.05, 0.1) is 17.6 Å². The van der Waals surface area contributed by atoms with Gasteiger partial charge in [-0.3, -0.25) is 0 Å². The average Bonchev–Trinajstić information content (AvgIpc) is 3.27. The number of hydrogen-bond acceptors (Lipinski definition) is 3. The molecule has 0 amide bonds. The van der Waals surface area contributed by atoms with Gasteiger partial charge in [-0.05, 0) is 42.2 Å². The SMILES string of the molecule is Cn1c(C#Cc2cnc3ccc(-c4ccccc4)nn23)cc2cccnc21. The first-order chi connectivity index (χ1) is 13.3. The number of pyridine rings is 1. The zero-order valence-corrected chi connectivity index (χ0v) is 14.7. The quantitative estimate of drug-likeness (QED) is 0.434. The summed E-state index contributed by atoms with van der Waals surface area (Å²) in [6.45, 7) is 0. The summed E-state index contributed by atoms with van der Waals surface area (Å²) < 4.78 is 3.78. The number of nitrogens with zero attached hydrogens (tertiary/aromatic N) is 5. The molecule has 0 spiro atoms. The van der Waals surface area contributed by atoms with Crippen LogP contribution >= 0.6 is 0 Å². The molecule has 0 saturated carbocycles. The van der Waals surface area contributed by atoms with Crippen LogP contribution in [0.25, 0.3) is 27.9 Å². The normalized spacial score (nSPS) is 10.9. The summed E-state index contributed by atoms with van der Waals surface area (Å²) in [5.41, 5.74) is 5.30.